The Hall–Kier alpha value is -1.51. The molecule has 1 aromatic heterocycles. The van der Waals surface area contributed by atoms with Gasteiger partial charge in [0.25, 0.3) is 0 Å². The molecule has 0 aliphatic carbocycles. The molecule has 1 unspecified atom stereocenters. The van der Waals surface area contributed by atoms with Crippen LogP contribution < -0.4 is 0 Å². The number of fused-ring (bicyclic) bond motifs is 1. The Morgan fingerprint density at radius 1 is 1.31 bits per heavy atom. The number of pyridine rings is 1. The van der Waals surface area contributed by atoms with Crippen molar-refractivity contribution in [2.24, 2.45) is 15.9 Å². The van der Waals surface area contributed by atoms with E-state index in [1.165, 1.54) is 0 Å². The normalized spacial score (nSPS) is 19.6. The molecule has 13 heavy (non-hydrogen) atoms. The molecule has 0 aromatic carbocycles. The van der Waals surface area contributed by atoms with Gasteiger partial charge in [-0.1, -0.05) is 6.92 Å². The maximum Gasteiger partial charge on any atom is 0.177 e. The molecule has 3 heteroatoms. The van der Waals surface area contributed by atoms with Crippen molar-refractivity contribution < 1.29 is 0 Å². The first-order valence-electron chi connectivity index (χ1n) is 4.43. The van der Waals surface area contributed by atoms with E-state index in [9.17, 15) is 0 Å². The molecule has 2 heterocycles. The highest BCUT2D eigenvalue weighted by Crippen LogP contribution is 2.26. The summed E-state index contributed by atoms with van der Waals surface area (Å²) >= 11 is 0. The van der Waals surface area contributed by atoms with Crippen LogP contribution >= 0.6 is 0 Å². The van der Waals surface area contributed by atoms with Crippen molar-refractivity contribution in [2.45, 2.75) is 13.3 Å². The van der Waals surface area contributed by atoms with Gasteiger partial charge in [0.1, 0.15) is 5.69 Å². The summed E-state index contributed by atoms with van der Waals surface area (Å²) in [5.74, 6) is 1.06. The molecular weight excluding hydrogens is 162 g/mol. The van der Waals surface area contributed by atoms with Crippen molar-refractivity contribution in [3.05, 3.63) is 18.3 Å². The zero-order valence-corrected chi connectivity index (χ0v) is 7.51. The maximum atomic E-state index is 4.33. The van der Waals surface area contributed by atoms with Crippen LogP contribution in [0.4, 0.5) is 11.5 Å². The third-order valence-electron chi connectivity index (χ3n) is 2.03. The molecule has 0 spiro atoms. The summed E-state index contributed by atoms with van der Waals surface area (Å²) in [6, 6.07) is 3.80. The van der Waals surface area contributed by atoms with Gasteiger partial charge >= 0.3 is 0 Å². The van der Waals surface area contributed by atoms with Crippen molar-refractivity contribution in [1.29, 1.82) is 0 Å². The zero-order chi connectivity index (χ0) is 9.10. The lowest BCUT2D eigenvalue weighted by Crippen LogP contribution is -1.99. The van der Waals surface area contributed by atoms with E-state index in [0.29, 0.717) is 5.92 Å². The molecule has 1 aliphatic rings. The van der Waals surface area contributed by atoms with Gasteiger partial charge in [0.05, 0.1) is 0 Å². The Morgan fingerprint density at radius 3 is 3.00 bits per heavy atom. The highest BCUT2D eigenvalue weighted by atomic mass is 15.0. The second kappa shape index (κ2) is 3.47. The van der Waals surface area contributed by atoms with Crippen molar-refractivity contribution in [3.8, 4) is 0 Å². The van der Waals surface area contributed by atoms with Gasteiger partial charge in [-0.05, 0) is 18.6 Å². The molecule has 3 nitrogen and oxygen atoms in total. The Bertz CT molecular complexity index is 322. The van der Waals surface area contributed by atoms with Gasteiger partial charge in [-0.15, -0.1) is 0 Å². The average Bonchev–Trinajstić information content (AvgIpc) is 2.39. The van der Waals surface area contributed by atoms with Gasteiger partial charge in [-0.25, -0.2) is 9.98 Å². The molecule has 1 aliphatic heterocycles. The Morgan fingerprint density at radius 2 is 2.15 bits per heavy atom. The van der Waals surface area contributed by atoms with Crippen LogP contribution in [-0.2, 0) is 0 Å². The first-order chi connectivity index (χ1) is 6.40. The summed E-state index contributed by atoms with van der Waals surface area (Å²) in [5, 5.41) is 0. The third kappa shape index (κ3) is 1.64. The highest BCUT2D eigenvalue weighted by Gasteiger charge is 2.06. The largest absolute Gasteiger partial charge is 0.257 e. The summed E-state index contributed by atoms with van der Waals surface area (Å²) in [7, 11) is 0. The fourth-order valence-electron chi connectivity index (χ4n) is 1.18. The summed E-state index contributed by atoms with van der Waals surface area (Å²) in [6.45, 7) is 2.12. The van der Waals surface area contributed by atoms with E-state index in [0.717, 1.165) is 17.9 Å². The molecule has 0 saturated carbocycles. The molecule has 0 saturated heterocycles. The Kier molecular flexibility index (Phi) is 2.17. The quantitative estimate of drug-likeness (QED) is 0.643. The topological polar surface area (TPSA) is 37.6 Å². The van der Waals surface area contributed by atoms with Gasteiger partial charge in [-0.2, -0.15) is 0 Å². The van der Waals surface area contributed by atoms with Gasteiger partial charge in [0.2, 0.25) is 0 Å². The number of nitrogens with zero attached hydrogens (tertiary/aromatic N) is 3. The second-order valence-electron chi connectivity index (χ2n) is 2.97. The second-order valence-corrected chi connectivity index (χ2v) is 2.97. The van der Waals surface area contributed by atoms with Crippen molar-refractivity contribution in [1.82, 2.24) is 4.98 Å². The molecule has 0 fully saturated rings. The fraction of sp³-hybridized carbons (Fsp3) is 0.300. The summed E-state index contributed by atoms with van der Waals surface area (Å²) < 4.78 is 0. The molecule has 0 bridgehead atoms. The maximum absolute atomic E-state index is 4.33. The van der Waals surface area contributed by atoms with Crippen LogP contribution in [0.15, 0.2) is 28.3 Å². The predicted octanol–water partition coefficient (Wildman–Crippen LogP) is 2.53. The van der Waals surface area contributed by atoms with Crippen LogP contribution in [0.2, 0.25) is 0 Å². The summed E-state index contributed by atoms with van der Waals surface area (Å²) in [4.78, 5) is 12.7. The molecule has 1 atom stereocenters. The first kappa shape index (κ1) is 8.10. The monoisotopic (exact) mass is 173 g/mol. The zero-order valence-electron chi connectivity index (χ0n) is 7.51. The van der Waals surface area contributed by atoms with Crippen molar-refractivity contribution >= 4 is 23.9 Å². The highest BCUT2D eigenvalue weighted by molar-refractivity contribution is 5.89. The third-order valence-corrected chi connectivity index (χ3v) is 2.03. The van der Waals surface area contributed by atoms with Crippen LogP contribution in [0, 0.1) is 5.92 Å². The number of hydrogen-bond acceptors (Lipinski definition) is 3. The minimum absolute atomic E-state index is 0.342. The van der Waals surface area contributed by atoms with Crippen molar-refractivity contribution in [2.75, 3.05) is 0 Å². The van der Waals surface area contributed by atoms with Gasteiger partial charge in [-0.3, -0.25) is 4.99 Å². The van der Waals surface area contributed by atoms with E-state index < -0.39 is 0 Å². The molecule has 0 radical (unpaired) electrons. The molecule has 0 amide bonds. The molecule has 2 rings (SSSR count). The standard InChI is InChI=1S/C10H11N3/c1-2-8-6-12-9-4-3-5-11-10(9)13-7-8/h3-8H,2H2,1H3. The predicted molar refractivity (Wildman–Crippen MR) is 54.3 cm³/mol. The summed E-state index contributed by atoms with van der Waals surface area (Å²) in [6.07, 6.45) is 6.60. The molecule has 0 N–H and O–H groups in total. The van der Waals surface area contributed by atoms with Gasteiger partial charge < -0.3 is 0 Å². The SMILES string of the molecule is CCC1C=Nc2cccnc2N=C1. The summed E-state index contributed by atoms with van der Waals surface area (Å²) in [5.41, 5.74) is 0.856. The lowest BCUT2D eigenvalue weighted by atomic mass is 10.1. The van der Waals surface area contributed by atoms with E-state index in [1.807, 2.05) is 24.6 Å². The fourth-order valence-corrected chi connectivity index (χ4v) is 1.18. The van der Waals surface area contributed by atoms with Crippen molar-refractivity contribution in [3.63, 3.8) is 0 Å². The smallest absolute Gasteiger partial charge is 0.177 e. The number of aromatic nitrogens is 1. The molecule has 66 valence electrons. The minimum atomic E-state index is 0.342. The molecular formula is C10H11N3. The lowest BCUT2D eigenvalue weighted by molar-refractivity contribution is 0.890. The van der Waals surface area contributed by atoms with Crippen LogP contribution in [0.25, 0.3) is 0 Å². The van der Waals surface area contributed by atoms with Crippen LogP contribution in [-0.4, -0.2) is 17.4 Å². The van der Waals surface area contributed by atoms with E-state index in [2.05, 4.69) is 21.9 Å². The molecule has 1 aromatic rings. The van der Waals surface area contributed by atoms with Gasteiger partial charge in [0, 0.05) is 24.5 Å². The first-order valence-corrected chi connectivity index (χ1v) is 4.43. The Labute approximate surface area is 77.3 Å². The van der Waals surface area contributed by atoms with E-state index in [4.69, 9.17) is 0 Å². The van der Waals surface area contributed by atoms with E-state index >= 15 is 0 Å². The Balaban J connectivity index is 2.41. The van der Waals surface area contributed by atoms with E-state index in [-0.39, 0.29) is 0 Å². The average molecular weight is 173 g/mol. The van der Waals surface area contributed by atoms with Gasteiger partial charge in [0.15, 0.2) is 5.82 Å². The lowest BCUT2D eigenvalue weighted by Gasteiger charge is -1.95. The van der Waals surface area contributed by atoms with Crippen LogP contribution in [0.5, 0.6) is 0 Å². The number of aliphatic imine (C=N–C) groups is 2. The van der Waals surface area contributed by atoms with E-state index in [1.54, 1.807) is 6.20 Å². The number of rotatable bonds is 1. The van der Waals surface area contributed by atoms with Crippen LogP contribution in [0.1, 0.15) is 13.3 Å². The number of hydrogen-bond donors (Lipinski definition) is 0. The minimum Gasteiger partial charge on any atom is -0.257 e. The van der Waals surface area contributed by atoms with Crippen LogP contribution in [0.3, 0.4) is 0 Å².